The highest BCUT2D eigenvalue weighted by Gasteiger charge is 2.78. The molecular weight excluding hydrogens is 539 g/mol. The number of aryl methyl sites for hydroxylation is 1. The van der Waals surface area contributed by atoms with Crippen LogP contribution in [0, 0.1) is 35.5 Å². The number of thiazole rings is 1. The van der Waals surface area contributed by atoms with Gasteiger partial charge in [0, 0.05) is 22.7 Å². The van der Waals surface area contributed by atoms with Crippen LogP contribution >= 0.6 is 23.1 Å². The zero-order valence-corrected chi connectivity index (χ0v) is 23.1. The molecule has 0 bridgehead atoms. The Morgan fingerprint density at radius 3 is 2.63 bits per heavy atom. The van der Waals surface area contributed by atoms with Gasteiger partial charge in [0.25, 0.3) is 0 Å². The number of ether oxygens (including phenoxy) is 1. The first kappa shape index (κ1) is 27.6. The summed E-state index contributed by atoms with van der Waals surface area (Å²) in [5.74, 6) is -3.63. The first-order valence-electron chi connectivity index (χ1n) is 12.6. The van der Waals surface area contributed by atoms with E-state index in [0.717, 1.165) is 17.4 Å². The van der Waals surface area contributed by atoms with E-state index in [4.69, 9.17) is 4.74 Å². The number of hydrogen-bond acceptors (Lipinski definition) is 8. The first-order valence-corrected chi connectivity index (χ1v) is 14.5. The third kappa shape index (κ3) is 3.36. The standard InChI is InChI=1S/C27H30F3NO5S2/c1-13-7-16-17-9-19(29)18-8-15(32)5-6-24(18,3)26(17,30)20(33)10-25(16,4)27(13,23(35)37-11-28)36-22(34)21-14(2)31-12-38-21/h5-6,8,12-13,16-17,19-20,33H,7,9-11H2,1-4H3/t13-,16+,17+,19+,20+,24+,25+,26+,27+/m1/s1. The molecule has 0 amide bonds. The molecule has 0 saturated heterocycles. The van der Waals surface area contributed by atoms with Crippen molar-refractivity contribution in [2.75, 3.05) is 6.01 Å². The van der Waals surface area contributed by atoms with E-state index >= 15 is 8.78 Å². The van der Waals surface area contributed by atoms with E-state index in [9.17, 15) is 23.9 Å². The average Bonchev–Trinajstić information content (AvgIpc) is 3.37. The molecule has 0 radical (unpaired) electrons. The number of carbonyl (C=O) groups is 3. The number of alkyl halides is 3. The van der Waals surface area contributed by atoms with E-state index in [0.29, 0.717) is 17.5 Å². The number of aliphatic hydroxyl groups is 1. The van der Waals surface area contributed by atoms with Crippen molar-refractivity contribution in [1.29, 1.82) is 0 Å². The molecule has 1 aromatic rings. The van der Waals surface area contributed by atoms with E-state index in [1.54, 1.807) is 20.8 Å². The molecule has 5 rings (SSSR count). The van der Waals surface area contributed by atoms with E-state index in [1.807, 2.05) is 0 Å². The number of hydrogen-bond donors (Lipinski definition) is 1. The van der Waals surface area contributed by atoms with E-state index in [2.05, 4.69) is 4.98 Å². The van der Waals surface area contributed by atoms with Gasteiger partial charge in [-0.05, 0) is 68.5 Å². The molecule has 9 atom stereocenters. The molecule has 1 N–H and O–H groups in total. The molecule has 3 saturated carbocycles. The van der Waals surface area contributed by atoms with Gasteiger partial charge in [0.1, 0.15) is 17.1 Å². The predicted molar refractivity (Wildman–Crippen MR) is 137 cm³/mol. The molecule has 0 aliphatic heterocycles. The van der Waals surface area contributed by atoms with Crippen LogP contribution in [0.2, 0.25) is 0 Å². The Morgan fingerprint density at radius 1 is 1.29 bits per heavy atom. The lowest BCUT2D eigenvalue weighted by molar-refractivity contribution is -0.221. The zero-order chi connectivity index (χ0) is 27.8. The van der Waals surface area contributed by atoms with Crippen molar-refractivity contribution in [2.24, 2.45) is 28.6 Å². The highest BCUT2D eigenvalue weighted by molar-refractivity contribution is 8.13. The molecule has 4 aliphatic rings. The maximum atomic E-state index is 17.4. The van der Waals surface area contributed by atoms with Crippen LogP contribution in [0.4, 0.5) is 13.2 Å². The Kier molecular flexibility index (Phi) is 6.55. The summed E-state index contributed by atoms with van der Waals surface area (Å²) in [4.78, 5) is 43.3. The summed E-state index contributed by atoms with van der Waals surface area (Å²) in [5.41, 5.74) is -5.23. The molecule has 206 valence electrons. The minimum absolute atomic E-state index is 0.000119. The summed E-state index contributed by atoms with van der Waals surface area (Å²) in [6.45, 7) is 6.48. The van der Waals surface area contributed by atoms with Gasteiger partial charge in [-0.15, -0.1) is 11.3 Å². The fraction of sp³-hybridized carbons (Fsp3) is 0.630. The van der Waals surface area contributed by atoms with Crippen molar-refractivity contribution in [1.82, 2.24) is 4.98 Å². The van der Waals surface area contributed by atoms with Gasteiger partial charge in [-0.1, -0.05) is 19.9 Å². The molecular formula is C27H30F3NO5S2. The Labute approximate surface area is 227 Å². The van der Waals surface area contributed by atoms with Crippen molar-refractivity contribution >= 4 is 40.0 Å². The SMILES string of the molecule is Cc1ncsc1C(=O)O[C@]1(C(=O)SCF)[C@H](C)C[C@H]2[C@@H]3C[C@H](F)C4=CC(=O)C=C[C@]4(C)[C@@]3(F)[C@@H](O)C[C@@]21C. The lowest BCUT2D eigenvalue weighted by Crippen LogP contribution is -2.70. The summed E-state index contributed by atoms with van der Waals surface area (Å²) >= 11 is 1.42. The third-order valence-corrected chi connectivity index (χ3v) is 11.4. The summed E-state index contributed by atoms with van der Waals surface area (Å²) in [6, 6.07) is -1.05. The topological polar surface area (TPSA) is 93.6 Å². The van der Waals surface area contributed by atoms with Crippen molar-refractivity contribution in [3.05, 3.63) is 39.9 Å². The number of allylic oxidation sites excluding steroid dienone is 4. The highest BCUT2D eigenvalue weighted by Crippen LogP contribution is 2.72. The Morgan fingerprint density at radius 2 is 2.00 bits per heavy atom. The summed E-state index contributed by atoms with van der Waals surface area (Å²) in [5, 5.41) is 10.8. The number of ketones is 1. The summed E-state index contributed by atoms with van der Waals surface area (Å²) < 4.78 is 52.7. The second-order valence-electron chi connectivity index (χ2n) is 11.4. The predicted octanol–water partition coefficient (Wildman–Crippen LogP) is 5.10. The fourth-order valence-electron chi connectivity index (χ4n) is 8.06. The number of thioether (sulfide) groups is 1. The summed E-state index contributed by atoms with van der Waals surface area (Å²) in [6.07, 6.45) is -0.0246. The largest absolute Gasteiger partial charge is 0.445 e. The number of aromatic nitrogens is 1. The van der Waals surface area contributed by atoms with Gasteiger partial charge in [0.15, 0.2) is 17.1 Å². The maximum absolute atomic E-state index is 17.4. The second-order valence-corrected chi connectivity index (χ2v) is 13.2. The van der Waals surface area contributed by atoms with Crippen LogP contribution in [0.15, 0.2) is 29.3 Å². The first-order chi connectivity index (χ1) is 17.8. The number of halogens is 3. The van der Waals surface area contributed by atoms with Gasteiger partial charge in [-0.3, -0.25) is 9.59 Å². The number of aliphatic hydroxyl groups excluding tert-OH is 1. The monoisotopic (exact) mass is 569 g/mol. The summed E-state index contributed by atoms with van der Waals surface area (Å²) in [7, 11) is 0. The van der Waals surface area contributed by atoms with Crippen molar-refractivity contribution in [3.8, 4) is 0 Å². The molecule has 11 heteroatoms. The molecule has 0 unspecified atom stereocenters. The Balaban J connectivity index is 1.64. The Bertz CT molecular complexity index is 1270. The van der Waals surface area contributed by atoms with Crippen LogP contribution in [0.3, 0.4) is 0 Å². The normalized spacial score (nSPS) is 43.6. The van der Waals surface area contributed by atoms with Gasteiger partial charge in [-0.25, -0.2) is 22.9 Å². The van der Waals surface area contributed by atoms with Gasteiger partial charge in [0.2, 0.25) is 5.12 Å². The van der Waals surface area contributed by atoms with Crippen LogP contribution < -0.4 is 0 Å². The molecule has 6 nitrogen and oxygen atoms in total. The van der Waals surface area contributed by atoms with Gasteiger partial charge in [0.05, 0.1) is 17.3 Å². The molecule has 0 aromatic carbocycles. The van der Waals surface area contributed by atoms with Crippen LogP contribution in [-0.2, 0) is 14.3 Å². The second kappa shape index (κ2) is 9.02. The van der Waals surface area contributed by atoms with Gasteiger partial charge in [-0.2, -0.15) is 0 Å². The van der Waals surface area contributed by atoms with Crippen LogP contribution in [0.5, 0.6) is 0 Å². The van der Waals surface area contributed by atoms with Gasteiger partial charge < -0.3 is 9.84 Å². The molecule has 3 fully saturated rings. The fourth-order valence-corrected chi connectivity index (χ4v) is 9.53. The van der Waals surface area contributed by atoms with Crippen LogP contribution in [-0.4, -0.2) is 56.5 Å². The van der Waals surface area contributed by atoms with E-state index < -0.39 is 75.0 Å². The van der Waals surface area contributed by atoms with Crippen molar-refractivity contribution in [3.63, 3.8) is 0 Å². The molecule has 4 aliphatic carbocycles. The molecule has 1 aromatic heterocycles. The van der Waals surface area contributed by atoms with Crippen molar-refractivity contribution in [2.45, 2.75) is 70.5 Å². The van der Waals surface area contributed by atoms with E-state index in [-0.39, 0.29) is 29.7 Å². The van der Waals surface area contributed by atoms with Gasteiger partial charge >= 0.3 is 5.97 Å². The molecule has 0 spiro atoms. The lowest BCUT2D eigenvalue weighted by atomic mass is 9.44. The quantitative estimate of drug-likeness (QED) is 0.505. The smallest absolute Gasteiger partial charge is 0.351 e. The number of carbonyl (C=O) groups excluding carboxylic acids is 3. The number of fused-ring (bicyclic) bond motifs is 5. The minimum Gasteiger partial charge on any atom is -0.445 e. The van der Waals surface area contributed by atoms with Crippen LogP contribution in [0.1, 0.15) is 55.4 Å². The number of rotatable bonds is 4. The lowest BCUT2D eigenvalue weighted by Gasteiger charge is -2.63. The Hall–Kier alpha value is -1.98. The highest BCUT2D eigenvalue weighted by atomic mass is 32.2. The van der Waals surface area contributed by atoms with E-state index in [1.165, 1.54) is 24.6 Å². The van der Waals surface area contributed by atoms with Crippen molar-refractivity contribution < 1.29 is 37.4 Å². The average molecular weight is 570 g/mol. The zero-order valence-electron chi connectivity index (χ0n) is 21.5. The maximum Gasteiger partial charge on any atom is 0.351 e. The number of esters is 1. The molecule has 38 heavy (non-hydrogen) atoms. The third-order valence-electron chi connectivity index (χ3n) is 9.84. The van der Waals surface area contributed by atoms with Crippen LogP contribution in [0.25, 0.3) is 0 Å². The number of nitrogens with zero attached hydrogens (tertiary/aromatic N) is 1. The molecule has 1 heterocycles. The minimum atomic E-state index is -2.34.